The molecule has 3 heterocycles. The summed E-state index contributed by atoms with van der Waals surface area (Å²) < 4.78 is 4.70. The zero-order chi connectivity index (χ0) is 31.6. The van der Waals surface area contributed by atoms with Crippen molar-refractivity contribution in [1.82, 2.24) is 14.1 Å². The van der Waals surface area contributed by atoms with Gasteiger partial charge in [-0.05, 0) is 70.6 Å². The van der Waals surface area contributed by atoms with E-state index in [4.69, 9.17) is 4.98 Å². The van der Waals surface area contributed by atoms with Gasteiger partial charge in [0, 0.05) is 44.4 Å². The molecule has 0 atom stereocenters. The lowest BCUT2D eigenvalue weighted by atomic mass is 10.00. The van der Waals surface area contributed by atoms with Crippen molar-refractivity contribution >= 4 is 54.4 Å². The van der Waals surface area contributed by atoms with E-state index in [0.29, 0.717) is 0 Å². The lowest BCUT2D eigenvalue weighted by molar-refractivity contribution is 1.10. The van der Waals surface area contributed by atoms with E-state index in [-0.39, 0.29) is 0 Å². The van der Waals surface area contributed by atoms with Crippen LogP contribution in [0.4, 0.5) is 0 Å². The molecule has 3 nitrogen and oxygen atoms in total. The minimum atomic E-state index is 0.944. The molecular formula is C45H29N3. The summed E-state index contributed by atoms with van der Waals surface area (Å²) in [6.07, 6.45) is 2.03. The molecule has 0 unspecified atom stereocenters. The summed E-state index contributed by atoms with van der Waals surface area (Å²) in [5, 5.41) is 7.27. The van der Waals surface area contributed by atoms with Gasteiger partial charge in [-0.25, -0.2) is 4.98 Å². The van der Waals surface area contributed by atoms with Crippen LogP contribution < -0.4 is 0 Å². The number of fused-ring (bicyclic) bond motifs is 7. The summed E-state index contributed by atoms with van der Waals surface area (Å²) in [6, 6.07) is 61.0. The topological polar surface area (TPSA) is 22.8 Å². The monoisotopic (exact) mass is 611 g/mol. The van der Waals surface area contributed by atoms with Gasteiger partial charge in [-0.1, -0.05) is 121 Å². The predicted octanol–water partition coefficient (Wildman–Crippen LogP) is 11.8. The predicted molar refractivity (Wildman–Crippen MR) is 201 cm³/mol. The van der Waals surface area contributed by atoms with E-state index in [1.165, 1.54) is 60.3 Å². The molecule has 0 radical (unpaired) electrons. The fraction of sp³-hybridized carbons (Fsp3) is 0. The molecular weight excluding hydrogens is 583 g/mol. The third-order valence-electron chi connectivity index (χ3n) is 9.76. The van der Waals surface area contributed by atoms with Crippen LogP contribution in [0.1, 0.15) is 0 Å². The Balaban J connectivity index is 1.18. The van der Waals surface area contributed by atoms with Crippen LogP contribution in [0.15, 0.2) is 176 Å². The van der Waals surface area contributed by atoms with E-state index >= 15 is 0 Å². The number of nitrogens with zero attached hydrogens (tertiary/aromatic N) is 3. The molecule has 0 N–H and O–H groups in total. The van der Waals surface area contributed by atoms with Gasteiger partial charge in [0.15, 0.2) is 0 Å². The Hall–Kier alpha value is -6.45. The zero-order valence-corrected chi connectivity index (χ0v) is 26.1. The van der Waals surface area contributed by atoms with Crippen molar-refractivity contribution in [3.63, 3.8) is 0 Å². The van der Waals surface area contributed by atoms with Crippen LogP contribution >= 0.6 is 0 Å². The molecule has 0 fully saturated rings. The standard InChI is InChI=1S/C45H29N3/c1-3-13-30(14-4-1)40-29-46-45(37-20-8-7-17-34(37)40)48-42-22-12-10-19-36(42)39-28-32(24-26-44(39)48)31-23-25-43-38(27-31)35-18-9-11-21-41(35)47(43)33-15-5-2-6-16-33/h1-29H. The van der Waals surface area contributed by atoms with Crippen molar-refractivity contribution in [2.45, 2.75) is 0 Å². The van der Waals surface area contributed by atoms with Gasteiger partial charge in [-0.15, -0.1) is 0 Å². The first-order chi connectivity index (χ1) is 23.8. The van der Waals surface area contributed by atoms with Crippen molar-refractivity contribution in [3.05, 3.63) is 176 Å². The lowest BCUT2D eigenvalue weighted by Gasteiger charge is -2.14. The summed E-state index contributed by atoms with van der Waals surface area (Å²) >= 11 is 0. The van der Waals surface area contributed by atoms with Crippen LogP contribution in [-0.4, -0.2) is 14.1 Å². The van der Waals surface area contributed by atoms with Gasteiger partial charge in [-0.3, -0.25) is 4.57 Å². The van der Waals surface area contributed by atoms with Crippen LogP contribution in [0.25, 0.3) is 88.1 Å². The highest BCUT2D eigenvalue weighted by molar-refractivity contribution is 6.13. The average Bonchev–Trinajstić information content (AvgIpc) is 3.67. The molecule has 0 saturated carbocycles. The molecule has 3 aromatic heterocycles. The first-order valence-electron chi connectivity index (χ1n) is 16.4. The smallest absolute Gasteiger partial charge is 0.145 e. The molecule has 0 spiro atoms. The molecule has 10 rings (SSSR count). The van der Waals surface area contributed by atoms with Crippen molar-refractivity contribution in [2.75, 3.05) is 0 Å². The van der Waals surface area contributed by atoms with Gasteiger partial charge < -0.3 is 4.57 Å². The maximum atomic E-state index is 5.16. The number of hydrogen-bond donors (Lipinski definition) is 0. The number of para-hydroxylation sites is 3. The van der Waals surface area contributed by atoms with Gasteiger partial charge in [-0.2, -0.15) is 0 Å². The van der Waals surface area contributed by atoms with E-state index in [2.05, 4.69) is 179 Å². The largest absolute Gasteiger partial charge is 0.309 e. The molecule has 0 aliphatic rings. The van der Waals surface area contributed by atoms with E-state index in [1.54, 1.807) is 0 Å². The van der Waals surface area contributed by atoms with Gasteiger partial charge in [0.2, 0.25) is 0 Å². The summed E-state index contributed by atoms with van der Waals surface area (Å²) in [5.41, 5.74) is 10.6. The van der Waals surface area contributed by atoms with Gasteiger partial charge in [0.05, 0.1) is 22.1 Å². The maximum Gasteiger partial charge on any atom is 0.145 e. The summed E-state index contributed by atoms with van der Waals surface area (Å²) in [7, 11) is 0. The van der Waals surface area contributed by atoms with Crippen molar-refractivity contribution < 1.29 is 0 Å². The average molecular weight is 612 g/mol. The van der Waals surface area contributed by atoms with E-state index in [9.17, 15) is 0 Å². The van der Waals surface area contributed by atoms with Crippen molar-refractivity contribution in [1.29, 1.82) is 0 Å². The fourth-order valence-electron chi connectivity index (χ4n) is 7.59. The van der Waals surface area contributed by atoms with E-state index < -0.39 is 0 Å². The number of aromatic nitrogens is 3. The molecule has 10 aromatic rings. The van der Waals surface area contributed by atoms with E-state index in [0.717, 1.165) is 27.8 Å². The normalized spacial score (nSPS) is 11.8. The first kappa shape index (κ1) is 26.7. The summed E-state index contributed by atoms with van der Waals surface area (Å²) in [4.78, 5) is 5.16. The Morgan fingerprint density at radius 1 is 0.333 bits per heavy atom. The van der Waals surface area contributed by atoms with Crippen LogP contribution in [0.2, 0.25) is 0 Å². The SMILES string of the molecule is c1ccc(-c2cnc(-n3c4ccccc4c4cc(-c5ccc6c(c5)c5ccccc5n6-c5ccccc5)ccc43)c3ccccc23)cc1. The fourth-order valence-corrected chi connectivity index (χ4v) is 7.59. The summed E-state index contributed by atoms with van der Waals surface area (Å²) in [5.74, 6) is 0.944. The minimum absolute atomic E-state index is 0.944. The molecule has 224 valence electrons. The van der Waals surface area contributed by atoms with E-state index in [1.807, 2.05) is 6.20 Å². The Morgan fingerprint density at radius 3 is 1.46 bits per heavy atom. The molecule has 0 aliphatic carbocycles. The summed E-state index contributed by atoms with van der Waals surface area (Å²) in [6.45, 7) is 0. The molecule has 0 aliphatic heterocycles. The molecule has 3 heteroatoms. The van der Waals surface area contributed by atoms with Crippen molar-refractivity contribution in [2.24, 2.45) is 0 Å². The highest BCUT2D eigenvalue weighted by Gasteiger charge is 2.18. The zero-order valence-electron chi connectivity index (χ0n) is 26.1. The number of pyridine rings is 1. The number of rotatable bonds is 4. The maximum absolute atomic E-state index is 5.16. The second-order valence-corrected chi connectivity index (χ2v) is 12.4. The van der Waals surface area contributed by atoms with Crippen LogP contribution in [-0.2, 0) is 0 Å². The first-order valence-corrected chi connectivity index (χ1v) is 16.4. The third kappa shape index (κ3) is 3.98. The molecule has 0 bridgehead atoms. The molecule has 7 aromatic carbocycles. The molecule has 0 amide bonds. The Morgan fingerprint density at radius 2 is 0.812 bits per heavy atom. The van der Waals surface area contributed by atoms with Gasteiger partial charge in [0.25, 0.3) is 0 Å². The second kappa shape index (κ2) is 10.5. The minimum Gasteiger partial charge on any atom is -0.309 e. The third-order valence-corrected chi connectivity index (χ3v) is 9.76. The Labute approximate surface area is 277 Å². The number of hydrogen-bond acceptors (Lipinski definition) is 1. The second-order valence-electron chi connectivity index (χ2n) is 12.4. The van der Waals surface area contributed by atoms with Crippen LogP contribution in [0.3, 0.4) is 0 Å². The Bertz CT molecular complexity index is 2820. The molecule has 0 saturated heterocycles. The molecule has 48 heavy (non-hydrogen) atoms. The van der Waals surface area contributed by atoms with Gasteiger partial charge in [0.1, 0.15) is 5.82 Å². The lowest BCUT2D eigenvalue weighted by Crippen LogP contribution is -1.99. The highest BCUT2D eigenvalue weighted by atomic mass is 15.1. The Kier molecular flexibility index (Phi) is 5.87. The van der Waals surface area contributed by atoms with Crippen LogP contribution in [0.5, 0.6) is 0 Å². The number of benzene rings is 7. The highest BCUT2D eigenvalue weighted by Crippen LogP contribution is 2.39. The van der Waals surface area contributed by atoms with Crippen molar-refractivity contribution in [3.8, 4) is 33.8 Å². The van der Waals surface area contributed by atoms with Crippen LogP contribution in [0, 0.1) is 0 Å². The van der Waals surface area contributed by atoms with Gasteiger partial charge >= 0.3 is 0 Å². The quantitative estimate of drug-likeness (QED) is 0.194.